The fourth-order valence-corrected chi connectivity index (χ4v) is 2.95. The monoisotopic (exact) mass is 289 g/mol. The van der Waals surface area contributed by atoms with E-state index in [0.717, 1.165) is 25.7 Å². The first-order chi connectivity index (χ1) is 9.94. The van der Waals surface area contributed by atoms with Gasteiger partial charge in [-0.25, -0.2) is 0 Å². The molecule has 4 nitrogen and oxygen atoms in total. The number of carbonyl (C=O) groups is 2. The Bertz CT molecular complexity index is 541. The van der Waals surface area contributed by atoms with Crippen molar-refractivity contribution < 1.29 is 14.7 Å². The van der Waals surface area contributed by atoms with Gasteiger partial charge in [0.25, 0.3) is 5.91 Å². The minimum absolute atomic E-state index is 0.121. The summed E-state index contributed by atoms with van der Waals surface area (Å²) >= 11 is 0. The lowest BCUT2D eigenvalue weighted by Gasteiger charge is -2.38. The van der Waals surface area contributed by atoms with E-state index in [1.165, 1.54) is 6.92 Å². The van der Waals surface area contributed by atoms with Gasteiger partial charge in [0, 0.05) is 17.5 Å². The van der Waals surface area contributed by atoms with E-state index in [1.807, 2.05) is 6.92 Å². The molecule has 1 aromatic carbocycles. The van der Waals surface area contributed by atoms with Gasteiger partial charge in [-0.1, -0.05) is 38.0 Å². The number of aliphatic hydroxyl groups is 1. The summed E-state index contributed by atoms with van der Waals surface area (Å²) in [6.07, 6.45) is 3.43. The van der Waals surface area contributed by atoms with Crippen molar-refractivity contribution in [3.05, 3.63) is 35.4 Å². The second-order valence-corrected chi connectivity index (χ2v) is 6.20. The van der Waals surface area contributed by atoms with Crippen molar-refractivity contribution in [2.75, 3.05) is 6.54 Å². The first kappa shape index (κ1) is 15.7. The van der Waals surface area contributed by atoms with Gasteiger partial charge in [0.1, 0.15) is 0 Å². The fourth-order valence-electron chi connectivity index (χ4n) is 2.95. The van der Waals surface area contributed by atoms with Crippen LogP contribution in [0.5, 0.6) is 0 Å². The molecule has 1 saturated carbocycles. The van der Waals surface area contributed by atoms with Crippen molar-refractivity contribution in [3.8, 4) is 0 Å². The summed E-state index contributed by atoms with van der Waals surface area (Å²) < 4.78 is 0. The lowest BCUT2D eigenvalue weighted by atomic mass is 9.73. The molecule has 1 aliphatic rings. The van der Waals surface area contributed by atoms with Crippen LogP contribution in [-0.2, 0) is 0 Å². The molecule has 2 unspecified atom stereocenters. The van der Waals surface area contributed by atoms with Gasteiger partial charge in [-0.15, -0.1) is 0 Å². The second kappa shape index (κ2) is 6.39. The molecule has 2 atom stereocenters. The smallest absolute Gasteiger partial charge is 0.252 e. The fraction of sp³-hybridized carbons (Fsp3) is 0.529. The molecule has 2 rings (SSSR count). The number of hydrogen-bond donors (Lipinski definition) is 2. The Morgan fingerprint density at radius 2 is 1.95 bits per heavy atom. The van der Waals surface area contributed by atoms with Crippen LogP contribution in [0.15, 0.2) is 24.3 Å². The highest BCUT2D eigenvalue weighted by Gasteiger charge is 2.35. The molecule has 1 fully saturated rings. The second-order valence-electron chi connectivity index (χ2n) is 6.20. The molecular weight excluding hydrogens is 266 g/mol. The third kappa shape index (κ3) is 3.50. The maximum atomic E-state index is 12.3. The van der Waals surface area contributed by atoms with E-state index in [1.54, 1.807) is 24.3 Å². The molecule has 0 saturated heterocycles. The molecule has 21 heavy (non-hydrogen) atoms. The average Bonchev–Trinajstić information content (AvgIpc) is 2.48. The summed E-state index contributed by atoms with van der Waals surface area (Å²) in [6.45, 7) is 3.89. The molecule has 0 aromatic heterocycles. The van der Waals surface area contributed by atoms with E-state index in [4.69, 9.17) is 0 Å². The number of hydrogen-bond acceptors (Lipinski definition) is 3. The van der Waals surface area contributed by atoms with Crippen molar-refractivity contribution in [2.24, 2.45) is 5.41 Å². The number of aliphatic hydroxyl groups excluding tert-OH is 1. The Kier molecular flexibility index (Phi) is 4.78. The lowest BCUT2D eigenvalue weighted by molar-refractivity contribution is 0.00189. The minimum Gasteiger partial charge on any atom is -0.392 e. The van der Waals surface area contributed by atoms with Gasteiger partial charge in [-0.3, -0.25) is 9.59 Å². The zero-order chi connectivity index (χ0) is 15.5. The SMILES string of the molecule is CC(=O)c1ccccc1C(=O)NCC1(C)CCCCC1O. The Morgan fingerprint density at radius 3 is 2.57 bits per heavy atom. The third-order valence-corrected chi connectivity index (χ3v) is 4.48. The predicted molar refractivity (Wildman–Crippen MR) is 81.4 cm³/mol. The summed E-state index contributed by atoms with van der Waals surface area (Å²) in [5.41, 5.74) is 0.558. The predicted octanol–water partition coefficient (Wildman–Crippen LogP) is 2.56. The van der Waals surface area contributed by atoms with Crippen LogP contribution in [0.3, 0.4) is 0 Å². The van der Waals surface area contributed by atoms with Crippen LogP contribution < -0.4 is 5.32 Å². The minimum atomic E-state index is -0.380. The topological polar surface area (TPSA) is 66.4 Å². The quantitative estimate of drug-likeness (QED) is 0.837. The van der Waals surface area contributed by atoms with Crippen molar-refractivity contribution in [3.63, 3.8) is 0 Å². The molecule has 0 spiro atoms. The van der Waals surface area contributed by atoms with Crippen LogP contribution in [0.1, 0.15) is 60.2 Å². The van der Waals surface area contributed by atoms with Crippen LogP contribution in [0.2, 0.25) is 0 Å². The highest BCUT2D eigenvalue weighted by molar-refractivity contribution is 6.07. The molecule has 114 valence electrons. The number of ketones is 1. The van der Waals surface area contributed by atoms with E-state index in [9.17, 15) is 14.7 Å². The maximum absolute atomic E-state index is 12.3. The van der Waals surface area contributed by atoms with Gasteiger partial charge in [-0.2, -0.15) is 0 Å². The molecule has 1 amide bonds. The Balaban J connectivity index is 2.07. The first-order valence-electron chi connectivity index (χ1n) is 7.50. The molecule has 0 radical (unpaired) electrons. The number of benzene rings is 1. The summed E-state index contributed by atoms with van der Waals surface area (Å²) in [5.74, 6) is -0.371. The summed E-state index contributed by atoms with van der Waals surface area (Å²) in [5, 5.41) is 13.0. The Morgan fingerprint density at radius 1 is 1.29 bits per heavy atom. The standard InChI is InChI=1S/C17H23NO3/c1-12(19)13-7-3-4-8-14(13)16(21)18-11-17(2)10-6-5-9-15(17)20/h3-4,7-8,15,20H,5-6,9-11H2,1-2H3,(H,18,21). The van der Waals surface area contributed by atoms with Crippen LogP contribution in [0, 0.1) is 5.41 Å². The van der Waals surface area contributed by atoms with E-state index in [0.29, 0.717) is 17.7 Å². The van der Waals surface area contributed by atoms with Gasteiger partial charge in [0.2, 0.25) is 0 Å². The van der Waals surface area contributed by atoms with Crippen molar-refractivity contribution in [2.45, 2.75) is 45.6 Å². The van der Waals surface area contributed by atoms with E-state index in [2.05, 4.69) is 5.32 Å². The number of nitrogens with one attached hydrogen (secondary N) is 1. The van der Waals surface area contributed by atoms with E-state index >= 15 is 0 Å². The normalized spacial score (nSPS) is 25.4. The summed E-state index contributed by atoms with van der Waals surface area (Å²) in [6, 6.07) is 6.82. The van der Waals surface area contributed by atoms with Crippen molar-refractivity contribution in [1.82, 2.24) is 5.32 Å². The van der Waals surface area contributed by atoms with Crippen molar-refractivity contribution in [1.29, 1.82) is 0 Å². The van der Waals surface area contributed by atoms with Crippen LogP contribution in [-0.4, -0.2) is 29.4 Å². The van der Waals surface area contributed by atoms with Crippen LogP contribution in [0.25, 0.3) is 0 Å². The van der Waals surface area contributed by atoms with E-state index < -0.39 is 0 Å². The third-order valence-electron chi connectivity index (χ3n) is 4.48. The molecule has 4 heteroatoms. The zero-order valence-electron chi connectivity index (χ0n) is 12.7. The summed E-state index contributed by atoms with van der Waals surface area (Å²) in [4.78, 5) is 23.9. The number of carbonyl (C=O) groups excluding carboxylic acids is 2. The van der Waals surface area contributed by atoms with Gasteiger partial charge >= 0.3 is 0 Å². The largest absolute Gasteiger partial charge is 0.392 e. The maximum Gasteiger partial charge on any atom is 0.252 e. The molecule has 0 aliphatic heterocycles. The lowest BCUT2D eigenvalue weighted by Crippen LogP contribution is -2.45. The van der Waals surface area contributed by atoms with Gasteiger partial charge in [0.15, 0.2) is 5.78 Å². The molecular formula is C17H23NO3. The van der Waals surface area contributed by atoms with Gasteiger partial charge < -0.3 is 10.4 Å². The Labute approximate surface area is 125 Å². The molecule has 0 bridgehead atoms. The van der Waals surface area contributed by atoms with Crippen LogP contribution >= 0.6 is 0 Å². The van der Waals surface area contributed by atoms with E-state index in [-0.39, 0.29) is 23.2 Å². The molecule has 0 heterocycles. The first-order valence-corrected chi connectivity index (χ1v) is 7.50. The van der Waals surface area contributed by atoms with Crippen LogP contribution in [0.4, 0.5) is 0 Å². The molecule has 1 aliphatic carbocycles. The number of Topliss-reactive ketones (excluding diaryl/α,β-unsaturated/α-hetero) is 1. The highest BCUT2D eigenvalue weighted by atomic mass is 16.3. The average molecular weight is 289 g/mol. The molecule has 2 N–H and O–H groups in total. The zero-order valence-corrected chi connectivity index (χ0v) is 12.7. The number of amides is 1. The van der Waals surface area contributed by atoms with Gasteiger partial charge in [0.05, 0.1) is 11.7 Å². The summed E-state index contributed by atoms with van der Waals surface area (Å²) in [7, 11) is 0. The molecule has 1 aromatic rings. The van der Waals surface area contributed by atoms with Crippen molar-refractivity contribution >= 4 is 11.7 Å². The number of rotatable bonds is 4. The Hall–Kier alpha value is -1.68. The van der Waals surface area contributed by atoms with Gasteiger partial charge in [-0.05, 0) is 25.8 Å². The highest BCUT2D eigenvalue weighted by Crippen LogP contribution is 2.35.